The first kappa shape index (κ1) is 25.0. The van der Waals surface area contributed by atoms with Gasteiger partial charge < -0.3 is 19.5 Å². The van der Waals surface area contributed by atoms with E-state index in [1.807, 2.05) is 48.2 Å². The fraction of sp³-hybridized carbons (Fsp3) is 0.458. The van der Waals surface area contributed by atoms with Gasteiger partial charge in [-0.1, -0.05) is 12.1 Å². The Hall–Kier alpha value is -2.62. The minimum Gasteiger partial charge on any atom is -0.493 e. The molecule has 0 aromatic heterocycles. The molecule has 2 unspecified atom stereocenters. The maximum absolute atomic E-state index is 12.1. The first-order chi connectivity index (χ1) is 15.7. The topological polar surface area (TPSA) is 96.4 Å². The van der Waals surface area contributed by atoms with Crippen LogP contribution in [0.4, 0.5) is 5.69 Å². The fourth-order valence-electron chi connectivity index (χ4n) is 3.93. The van der Waals surface area contributed by atoms with Crippen LogP contribution >= 0.6 is 0 Å². The molecule has 2 aromatic rings. The van der Waals surface area contributed by atoms with E-state index in [4.69, 9.17) is 9.47 Å². The van der Waals surface area contributed by atoms with E-state index in [1.54, 1.807) is 18.2 Å². The number of sulfone groups is 1. The molecule has 33 heavy (non-hydrogen) atoms. The lowest BCUT2D eigenvalue weighted by Crippen LogP contribution is -2.42. The van der Waals surface area contributed by atoms with Crippen LogP contribution in [0.15, 0.2) is 42.5 Å². The molecule has 0 spiro atoms. The largest absolute Gasteiger partial charge is 0.493 e. The van der Waals surface area contributed by atoms with E-state index in [2.05, 4.69) is 0 Å². The number of ether oxygens (including phenoxy) is 2. The van der Waals surface area contributed by atoms with Crippen molar-refractivity contribution in [1.29, 1.82) is 0 Å². The van der Waals surface area contributed by atoms with E-state index >= 15 is 0 Å². The van der Waals surface area contributed by atoms with Gasteiger partial charge in [-0.25, -0.2) is 8.42 Å². The van der Waals surface area contributed by atoms with Crippen LogP contribution in [-0.4, -0.2) is 82.7 Å². The van der Waals surface area contributed by atoms with Gasteiger partial charge in [0.1, 0.15) is 19.0 Å². The van der Waals surface area contributed by atoms with Gasteiger partial charge in [-0.15, -0.1) is 0 Å². The van der Waals surface area contributed by atoms with E-state index in [1.165, 1.54) is 7.11 Å². The van der Waals surface area contributed by atoms with Gasteiger partial charge in [-0.3, -0.25) is 9.69 Å². The Labute approximate surface area is 195 Å². The molecule has 2 aromatic carbocycles. The summed E-state index contributed by atoms with van der Waals surface area (Å²) in [6.07, 6.45) is 0.427. The van der Waals surface area contributed by atoms with Crippen molar-refractivity contribution in [3.63, 3.8) is 0 Å². The van der Waals surface area contributed by atoms with Gasteiger partial charge in [-0.05, 0) is 42.3 Å². The Balaban J connectivity index is 1.68. The second-order valence-corrected chi connectivity index (χ2v) is 10.8. The van der Waals surface area contributed by atoms with Crippen molar-refractivity contribution in [1.82, 2.24) is 4.90 Å². The summed E-state index contributed by atoms with van der Waals surface area (Å²) < 4.78 is 35.2. The lowest BCUT2D eigenvalue weighted by molar-refractivity contribution is 0.0517. The van der Waals surface area contributed by atoms with Gasteiger partial charge in [0.2, 0.25) is 0 Å². The lowest BCUT2D eigenvalue weighted by atomic mass is 10.1. The highest BCUT2D eigenvalue weighted by molar-refractivity contribution is 7.91. The zero-order valence-corrected chi connectivity index (χ0v) is 20.1. The Morgan fingerprint density at radius 2 is 1.88 bits per heavy atom. The normalized spacial score (nSPS) is 18.2. The number of anilines is 1. The Morgan fingerprint density at radius 1 is 1.15 bits per heavy atom. The third kappa shape index (κ3) is 6.93. The summed E-state index contributed by atoms with van der Waals surface area (Å²) in [4.78, 5) is 15.0. The predicted octanol–water partition coefficient (Wildman–Crippen LogP) is 2.00. The van der Waals surface area contributed by atoms with Crippen LogP contribution < -0.4 is 14.4 Å². The van der Waals surface area contributed by atoms with Crippen molar-refractivity contribution in [2.75, 3.05) is 50.8 Å². The molecule has 1 aliphatic rings. The van der Waals surface area contributed by atoms with Gasteiger partial charge in [0.15, 0.2) is 21.3 Å². The number of benzene rings is 2. The van der Waals surface area contributed by atoms with Gasteiger partial charge in [-0.2, -0.15) is 0 Å². The van der Waals surface area contributed by atoms with Crippen LogP contribution in [0.1, 0.15) is 22.3 Å². The maximum Gasteiger partial charge on any atom is 0.161 e. The smallest absolute Gasteiger partial charge is 0.161 e. The highest BCUT2D eigenvalue weighted by Crippen LogP contribution is 2.28. The molecule has 1 heterocycles. The van der Waals surface area contributed by atoms with E-state index in [-0.39, 0.29) is 30.7 Å². The van der Waals surface area contributed by atoms with Crippen molar-refractivity contribution in [3.8, 4) is 11.5 Å². The number of nitrogens with zero attached hydrogens (tertiary/aromatic N) is 2. The quantitative estimate of drug-likeness (QED) is 0.492. The molecule has 1 aliphatic heterocycles. The summed E-state index contributed by atoms with van der Waals surface area (Å²) in [5.74, 6) is 1.10. The van der Waals surface area contributed by atoms with E-state index < -0.39 is 15.9 Å². The van der Waals surface area contributed by atoms with Crippen LogP contribution in [0.2, 0.25) is 0 Å². The summed E-state index contributed by atoms with van der Waals surface area (Å²) in [7, 11) is 2.37. The van der Waals surface area contributed by atoms with Gasteiger partial charge >= 0.3 is 0 Å². The summed E-state index contributed by atoms with van der Waals surface area (Å²) in [5, 5.41) is 10.7. The van der Waals surface area contributed by atoms with Crippen molar-refractivity contribution < 1.29 is 27.8 Å². The second kappa shape index (κ2) is 11.0. The Bertz CT molecular complexity index is 1040. The lowest BCUT2D eigenvalue weighted by Gasteiger charge is -2.30. The van der Waals surface area contributed by atoms with Crippen molar-refractivity contribution in [2.24, 2.45) is 0 Å². The van der Waals surface area contributed by atoms with Crippen molar-refractivity contribution in [3.05, 3.63) is 53.6 Å². The van der Waals surface area contributed by atoms with Gasteiger partial charge in [0.25, 0.3) is 0 Å². The number of aldehydes is 1. The molecule has 0 saturated carbocycles. The molecule has 180 valence electrons. The molecule has 0 amide bonds. The van der Waals surface area contributed by atoms with E-state index in [9.17, 15) is 18.3 Å². The van der Waals surface area contributed by atoms with Crippen LogP contribution in [0.5, 0.6) is 11.5 Å². The summed E-state index contributed by atoms with van der Waals surface area (Å²) >= 11 is 0. The monoisotopic (exact) mass is 476 g/mol. The molecular formula is C24H32N2O6S. The summed E-state index contributed by atoms with van der Waals surface area (Å²) in [6.45, 7) is 0.805. The molecule has 0 bridgehead atoms. The molecular weight excluding hydrogens is 444 g/mol. The number of hydrogen-bond donors (Lipinski definition) is 1. The average molecular weight is 477 g/mol. The zero-order valence-electron chi connectivity index (χ0n) is 19.3. The number of carbonyl (C=O) groups excluding carboxylic acids is 1. The first-order valence-corrected chi connectivity index (χ1v) is 12.7. The zero-order chi connectivity index (χ0) is 24.0. The van der Waals surface area contributed by atoms with E-state index in [0.29, 0.717) is 30.0 Å². The van der Waals surface area contributed by atoms with Crippen LogP contribution in [0.25, 0.3) is 0 Å². The van der Waals surface area contributed by atoms with Crippen LogP contribution in [-0.2, 0) is 16.4 Å². The molecule has 0 radical (unpaired) electrons. The molecule has 8 nitrogen and oxygen atoms in total. The number of rotatable bonds is 11. The maximum atomic E-state index is 12.1. The minimum atomic E-state index is -3.06. The summed E-state index contributed by atoms with van der Waals surface area (Å²) in [6, 6.07) is 12.7. The third-order valence-corrected chi connectivity index (χ3v) is 7.51. The summed E-state index contributed by atoms with van der Waals surface area (Å²) in [5.41, 5.74) is 2.59. The molecule has 0 aliphatic carbocycles. The Kier molecular flexibility index (Phi) is 8.34. The predicted molar refractivity (Wildman–Crippen MR) is 128 cm³/mol. The first-order valence-electron chi connectivity index (χ1n) is 10.9. The third-order valence-electron chi connectivity index (χ3n) is 5.76. The second-order valence-electron chi connectivity index (χ2n) is 8.54. The standard InChI is InChI=1S/C24H32N2O6S/c1-25(2)20-7-4-18(5-8-20)13-26(21-10-11-33(29,30)17-21)14-22(28)16-32-23-9-6-19(15-27)12-24(23)31-3/h4-9,12,15,21-22,28H,10-11,13-14,16-17H2,1-3H3. The number of hydrogen-bond acceptors (Lipinski definition) is 8. The molecule has 1 N–H and O–H groups in total. The Morgan fingerprint density at radius 3 is 2.45 bits per heavy atom. The highest BCUT2D eigenvalue weighted by atomic mass is 32.2. The van der Waals surface area contributed by atoms with Crippen molar-refractivity contribution in [2.45, 2.75) is 25.1 Å². The molecule has 1 fully saturated rings. The SMILES string of the molecule is COc1cc(C=O)ccc1OCC(O)CN(Cc1ccc(N(C)C)cc1)C1CCS(=O)(=O)C1. The number of aliphatic hydroxyl groups is 1. The minimum absolute atomic E-state index is 0.00628. The number of aliphatic hydroxyl groups excluding tert-OH is 1. The van der Waals surface area contributed by atoms with Crippen molar-refractivity contribution >= 4 is 21.8 Å². The highest BCUT2D eigenvalue weighted by Gasteiger charge is 2.33. The average Bonchev–Trinajstić information content (AvgIpc) is 3.17. The van der Waals surface area contributed by atoms with Gasteiger partial charge in [0.05, 0.1) is 18.6 Å². The van der Waals surface area contributed by atoms with Crippen LogP contribution in [0, 0.1) is 0 Å². The van der Waals surface area contributed by atoms with Gasteiger partial charge in [0, 0.05) is 44.5 Å². The molecule has 1 saturated heterocycles. The fourth-order valence-corrected chi connectivity index (χ4v) is 5.69. The molecule has 9 heteroatoms. The van der Waals surface area contributed by atoms with E-state index in [0.717, 1.165) is 17.5 Å². The van der Waals surface area contributed by atoms with Crippen LogP contribution in [0.3, 0.4) is 0 Å². The molecule has 3 rings (SSSR count). The number of methoxy groups -OCH3 is 1. The number of carbonyl (C=O) groups is 1. The molecule has 2 atom stereocenters.